The van der Waals surface area contributed by atoms with Gasteiger partial charge in [-0.15, -0.1) is 0 Å². The lowest BCUT2D eigenvalue weighted by Crippen LogP contribution is -2.26. The van der Waals surface area contributed by atoms with Gasteiger partial charge in [-0.2, -0.15) is 0 Å². The van der Waals surface area contributed by atoms with Gasteiger partial charge >= 0.3 is 0 Å². The van der Waals surface area contributed by atoms with E-state index in [2.05, 4.69) is 0 Å². The molecule has 5 heteroatoms. The smallest absolute Gasteiger partial charge is 0.290 e. The van der Waals surface area contributed by atoms with Crippen LogP contribution < -0.4 is 11.3 Å². The first-order valence-electron chi connectivity index (χ1n) is 7.09. The molecule has 0 radical (unpaired) electrons. The van der Waals surface area contributed by atoms with Crippen LogP contribution in [0.4, 0.5) is 10.1 Å². The van der Waals surface area contributed by atoms with Crippen LogP contribution in [-0.2, 0) is 18.5 Å². The van der Waals surface area contributed by atoms with Crippen molar-refractivity contribution in [3.05, 3.63) is 51.7 Å². The van der Waals surface area contributed by atoms with E-state index in [1.54, 1.807) is 16.8 Å². The third-order valence-corrected chi connectivity index (χ3v) is 3.50. The minimum absolute atomic E-state index is 0.217. The van der Waals surface area contributed by atoms with Gasteiger partial charge in [-0.25, -0.2) is 9.07 Å². The average Bonchev–Trinajstić information content (AvgIpc) is 2.62. The van der Waals surface area contributed by atoms with E-state index in [-0.39, 0.29) is 22.5 Å². The molecule has 2 rings (SSSR count). The summed E-state index contributed by atoms with van der Waals surface area (Å²) in [5.74, 6) is -0.306. The van der Waals surface area contributed by atoms with Crippen molar-refractivity contribution in [1.82, 2.24) is 9.36 Å². The zero-order chi connectivity index (χ0) is 15.8. The van der Waals surface area contributed by atoms with E-state index < -0.39 is 0 Å². The van der Waals surface area contributed by atoms with E-state index in [0.717, 1.165) is 11.3 Å². The number of aromatic nitrogens is 2. The summed E-state index contributed by atoms with van der Waals surface area (Å²) in [6.45, 7) is 8.99. The Morgan fingerprint density at radius 3 is 2.43 bits per heavy atom. The third-order valence-electron chi connectivity index (χ3n) is 3.50. The van der Waals surface area contributed by atoms with Gasteiger partial charge in [-0.05, 0) is 24.6 Å². The number of nitrogens with zero attached hydrogens (tertiary/aromatic N) is 2. The summed E-state index contributed by atoms with van der Waals surface area (Å²) in [7, 11) is 0. The Morgan fingerprint density at radius 2 is 1.90 bits per heavy atom. The number of nitrogens with two attached hydrogens (primary N) is 1. The van der Waals surface area contributed by atoms with Crippen LogP contribution in [0, 0.1) is 5.82 Å². The second kappa shape index (κ2) is 5.39. The molecule has 2 N–H and O–H groups in total. The summed E-state index contributed by atoms with van der Waals surface area (Å²) in [5.41, 5.74) is 7.42. The Morgan fingerprint density at radius 1 is 1.24 bits per heavy atom. The highest BCUT2D eigenvalue weighted by Crippen LogP contribution is 2.26. The maximum atomic E-state index is 13.3. The Hall–Kier alpha value is -2.04. The molecule has 1 heterocycles. The quantitative estimate of drug-likeness (QED) is 0.945. The largest absolute Gasteiger partial charge is 0.393 e. The topological polar surface area (TPSA) is 52.9 Å². The second-order valence-corrected chi connectivity index (χ2v) is 6.22. The number of rotatable bonds is 3. The Bertz CT molecular complexity index is 707. The standard InChI is InChI=1S/C16H22FN3O/c1-5-19-14(16(2,3)4)13(18)15(21)20(19)10-11-7-6-8-12(17)9-11/h6-9H,5,10,18H2,1-4H3. The Kier molecular flexibility index (Phi) is 3.94. The van der Waals surface area contributed by atoms with Gasteiger partial charge in [0.05, 0.1) is 12.2 Å². The van der Waals surface area contributed by atoms with Crippen molar-refractivity contribution in [3.63, 3.8) is 0 Å². The second-order valence-electron chi connectivity index (χ2n) is 6.22. The summed E-state index contributed by atoms with van der Waals surface area (Å²) < 4.78 is 16.8. The molecule has 0 atom stereocenters. The number of halogens is 1. The van der Waals surface area contributed by atoms with E-state index in [1.165, 1.54) is 12.1 Å². The van der Waals surface area contributed by atoms with E-state index in [0.29, 0.717) is 13.1 Å². The molecule has 0 unspecified atom stereocenters. The lowest BCUT2D eigenvalue weighted by Gasteiger charge is -2.22. The van der Waals surface area contributed by atoms with Gasteiger partial charge in [0, 0.05) is 12.0 Å². The normalized spacial score (nSPS) is 11.9. The summed E-state index contributed by atoms with van der Waals surface area (Å²) in [4.78, 5) is 12.4. The van der Waals surface area contributed by atoms with Crippen LogP contribution in [0.15, 0.2) is 29.1 Å². The van der Waals surface area contributed by atoms with E-state index >= 15 is 0 Å². The molecule has 0 aliphatic heterocycles. The highest BCUT2D eigenvalue weighted by Gasteiger charge is 2.26. The molecular formula is C16H22FN3O. The Labute approximate surface area is 124 Å². The van der Waals surface area contributed by atoms with E-state index in [9.17, 15) is 9.18 Å². The fourth-order valence-electron chi connectivity index (χ4n) is 2.70. The van der Waals surface area contributed by atoms with Crippen LogP contribution in [0.1, 0.15) is 39.0 Å². The number of benzene rings is 1. The number of anilines is 1. The van der Waals surface area contributed by atoms with Gasteiger partial charge in [0.2, 0.25) is 0 Å². The third kappa shape index (κ3) is 2.86. The fourth-order valence-corrected chi connectivity index (χ4v) is 2.70. The van der Waals surface area contributed by atoms with Crippen molar-refractivity contribution in [1.29, 1.82) is 0 Å². The highest BCUT2D eigenvalue weighted by atomic mass is 19.1. The maximum Gasteiger partial charge on any atom is 0.290 e. The van der Waals surface area contributed by atoms with Crippen molar-refractivity contribution in [2.24, 2.45) is 0 Å². The first-order valence-corrected chi connectivity index (χ1v) is 7.09. The molecule has 1 aromatic carbocycles. The molecule has 0 saturated heterocycles. The zero-order valence-corrected chi connectivity index (χ0v) is 13.0. The van der Waals surface area contributed by atoms with Gasteiger partial charge in [-0.3, -0.25) is 9.48 Å². The number of hydrogen-bond acceptors (Lipinski definition) is 2. The van der Waals surface area contributed by atoms with Gasteiger partial charge < -0.3 is 5.73 Å². The first-order chi connectivity index (χ1) is 9.75. The molecule has 0 amide bonds. The lowest BCUT2D eigenvalue weighted by molar-refractivity contribution is 0.428. The van der Waals surface area contributed by atoms with Crippen LogP contribution in [0.5, 0.6) is 0 Å². The van der Waals surface area contributed by atoms with Crippen LogP contribution in [0.3, 0.4) is 0 Å². The molecule has 21 heavy (non-hydrogen) atoms. The summed E-state index contributed by atoms with van der Waals surface area (Å²) in [6.07, 6.45) is 0. The van der Waals surface area contributed by atoms with Gasteiger partial charge in [0.25, 0.3) is 5.56 Å². The number of nitrogen functional groups attached to an aromatic ring is 1. The summed E-state index contributed by atoms with van der Waals surface area (Å²) in [5, 5.41) is 0. The van der Waals surface area contributed by atoms with E-state index in [4.69, 9.17) is 5.73 Å². The minimum atomic E-state index is -0.306. The van der Waals surface area contributed by atoms with Crippen LogP contribution >= 0.6 is 0 Å². The predicted octanol–water partition coefficient (Wildman–Crippen LogP) is 2.74. The van der Waals surface area contributed by atoms with Crippen molar-refractivity contribution >= 4 is 5.69 Å². The zero-order valence-electron chi connectivity index (χ0n) is 13.0. The summed E-state index contributed by atoms with van der Waals surface area (Å²) >= 11 is 0. The highest BCUT2D eigenvalue weighted by molar-refractivity contribution is 5.45. The predicted molar refractivity (Wildman–Crippen MR) is 83.0 cm³/mol. The molecule has 2 aromatic rings. The molecule has 0 aliphatic carbocycles. The van der Waals surface area contributed by atoms with Crippen molar-refractivity contribution < 1.29 is 4.39 Å². The average molecular weight is 291 g/mol. The van der Waals surface area contributed by atoms with Gasteiger partial charge in [0.1, 0.15) is 11.5 Å². The minimum Gasteiger partial charge on any atom is -0.393 e. The van der Waals surface area contributed by atoms with Crippen molar-refractivity contribution in [2.45, 2.75) is 46.2 Å². The summed E-state index contributed by atoms with van der Waals surface area (Å²) in [6, 6.07) is 6.27. The number of hydrogen-bond donors (Lipinski definition) is 1. The molecule has 1 aromatic heterocycles. The van der Waals surface area contributed by atoms with Crippen LogP contribution in [0.2, 0.25) is 0 Å². The first kappa shape index (κ1) is 15.4. The van der Waals surface area contributed by atoms with Crippen LogP contribution in [-0.4, -0.2) is 9.36 Å². The molecule has 114 valence electrons. The molecular weight excluding hydrogens is 269 g/mol. The SMILES string of the molecule is CCn1c(C(C)(C)C)c(N)c(=O)n1Cc1cccc(F)c1. The lowest BCUT2D eigenvalue weighted by atomic mass is 9.91. The molecule has 0 saturated carbocycles. The van der Waals surface area contributed by atoms with Crippen molar-refractivity contribution in [3.8, 4) is 0 Å². The van der Waals surface area contributed by atoms with Gasteiger partial charge in [0.15, 0.2) is 0 Å². The van der Waals surface area contributed by atoms with Crippen LogP contribution in [0.25, 0.3) is 0 Å². The molecule has 4 nitrogen and oxygen atoms in total. The van der Waals surface area contributed by atoms with Crippen molar-refractivity contribution in [2.75, 3.05) is 5.73 Å². The van der Waals surface area contributed by atoms with Gasteiger partial charge in [-0.1, -0.05) is 32.9 Å². The monoisotopic (exact) mass is 291 g/mol. The molecule has 0 aliphatic rings. The molecule has 0 bridgehead atoms. The molecule has 0 fully saturated rings. The maximum absolute atomic E-state index is 13.3. The molecule has 0 spiro atoms. The fraction of sp³-hybridized carbons (Fsp3) is 0.438. The Balaban J connectivity index is 2.57. The van der Waals surface area contributed by atoms with E-state index in [1.807, 2.05) is 32.4 Å².